The zero-order chi connectivity index (χ0) is 21.3. The number of unbranched alkanes of at least 4 members (excludes halogenated alkanes) is 2. The van der Waals surface area contributed by atoms with Gasteiger partial charge in [-0.2, -0.15) is 15.1 Å². The number of hydrogen-bond donors (Lipinski definition) is 1. The number of fused-ring (bicyclic) bond motifs is 1. The molecule has 7 heteroatoms. The summed E-state index contributed by atoms with van der Waals surface area (Å²) in [4.78, 5) is 16.9. The third-order valence-corrected chi connectivity index (χ3v) is 6.30. The van der Waals surface area contributed by atoms with Crippen molar-refractivity contribution in [3.8, 4) is 5.69 Å². The Morgan fingerprint density at radius 2 is 2.00 bits per heavy atom. The van der Waals surface area contributed by atoms with Crippen molar-refractivity contribution >= 4 is 39.8 Å². The van der Waals surface area contributed by atoms with Crippen LogP contribution in [0.1, 0.15) is 49.4 Å². The van der Waals surface area contributed by atoms with Gasteiger partial charge in [0.1, 0.15) is 5.04 Å². The van der Waals surface area contributed by atoms with Crippen LogP contribution in [0, 0.1) is 19.3 Å². The first-order valence-corrected chi connectivity index (χ1v) is 11.0. The number of amidine groups is 2. The number of thioether (sulfide) groups is 1. The van der Waals surface area contributed by atoms with Gasteiger partial charge in [0, 0.05) is 17.6 Å². The summed E-state index contributed by atoms with van der Waals surface area (Å²) in [5, 5.41) is 16.0. The number of amides is 1. The van der Waals surface area contributed by atoms with Crippen LogP contribution in [0.4, 0.5) is 0 Å². The summed E-state index contributed by atoms with van der Waals surface area (Å²) in [5.41, 5.74) is 4.53. The van der Waals surface area contributed by atoms with Gasteiger partial charge in [0.25, 0.3) is 5.91 Å². The van der Waals surface area contributed by atoms with Crippen LogP contribution in [0.15, 0.2) is 52.2 Å². The minimum atomic E-state index is -0.392. The maximum absolute atomic E-state index is 12.7. The van der Waals surface area contributed by atoms with Gasteiger partial charge in [0.2, 0.25) is 5.17 Å². The van der Waals surface area contributed by atoms with Crippen molar-refractivity contribution in [3.05, 3.63) is 58.9 Å². The molecule has 30 heavy (non-hydrogen) atoms. The molecule has 0 bridgehead atoms. The molecule has 1 aromatic carbocycles. The van der Waals surface area contributed by atoms with E-state index in [1.54, 1.807) is 6.08 Å². The molecule has 1 amide bonds. The molecule has 0 aliphatic carbocycles. The number of hydrazone groups is 1. The third-order valence-electron chi connectivity index (χ3n) is 5.33. The van der Waals surface area contributed by atoms with Crippen LogP contribution in [0.25, 0.3) is 11.8 Å². The normalized spacial score (nSPS) is 17.4. The van der Waals surface area contributed by atoms with Crippen LogP contribution in [0.5, 0.6) is 0 Å². The van der Waals surface area contributed by atoms with E-state index < -0.39 is 5.91 Å². The molecule has 2 aliphatic rings. The highest BCUT2D eigenvalue weighted by Gasteiger charge is 2.35. The minimum absolute atomic E-state index is 0.0795. The number of aromatic nitrogens is 1. The second kappa shape index (κ2) is 8.44. The molecule has 154 valence electrons. The van der Waals surface area contributed by atoms with E-state index in [0.29, 0.717) is 5.17 Å². The highest BCUT2D eigenvalue weighted by Crippen LogP contribution is 2.30. The number of rotatable bonds is 6. The largest absolute Gasteiger partial charge is 0.317 e. The maximum atomic E-state index is 12.7. The van der Waals surface area contributed by atoms with E-state index in [1.165, 1.54) is 27.9 Å². The lowest BCUT2D eigenvalue weighted by Gasteiger charge is -2.20. The van der Waals surface area contributed by atoms with Crippen LogP contribution in [-0.2, 0) is 4.79 Å². The van der Waals surface area contributed by atoms with Gasteiger partial charge in [-0.05, 0) is 79.9 Å². The molecule has 0 fully saturated rings. The van der Waals surface area contributed by atoms with E-state index in [-0.39, 0.29) is 11.4 Å². The fourth-order valence-corrected chi connectivity index (χ4v) is 4.36. The molecule has 0 saturated heterocycles. The first kappa shape index (κ1) is 20.3. The van der Waals surface area contributed by atoms with Gasteiger partial charge in [-0.15, -0.1) is 0 Å². The van der Waals surface area contributed by atoms with Gasteiger partial charge in [0.05, 0.1) is 5.57 Å². The lowest BCUT2D eigenvalue weighted by molar-refractivity contribution is -0.114. The highest BCUT2D eigenvalue weighted by molar-refractivity contribution is 8.26. The quantitative estimate of drug-likeness (QED) is 0.510. The van der Waals surface area contributed by atoms with Crippen molar-refractivity contribution in [1.29, 1.82) is 5.41 Å². The van der Waals surface area contributed by atoms with Crippen molar-refractivity contribution in [1.82, 2.24) is 9.58 Å². The van der Waals surface area contributed by atoms with E-state index in [9.17, 15) is 4.79 Å². The fraction of sp³-hybridized carbons (Fsp3) is 0.304. The Hall–Kier alpha value is -2.93. The Morgan fingerprint density at radius 1 is 1.17 bits per heavy atom. The first-order chi connectivity index (χ1) is 14.5. The predicted molar refractivity (Wildman–Crippen MR) is 124 cm³/mol. The maximum Gasteiger partial charge on any atom is 0.283 e. The molecule has 0 spiro atoms. The average Bonchev–Trinajstić information content (AvgIpc) is 3.34. The van der Waals surface area contributed by atoms with Crippen LogP contribution in [0.3, 0.4) is 0 Å². The molecular weight excluding hydrogens is 394 g/mol. The average molecular weight is 420 g/mol. The lowest BCUT2D eigenvalue weighted by Crippen LogP contribution is -2.35. The number of nitrogens with one attached hydrogen (secondary N) is 1. The Balaban J connectivity index is 1.63. The molecule has 1 aromatic heterocycles. The van der Waals surface area contributed by atoms with Crippen molar-refractivity contribution in [2.75, 3.05) is 0 Å². The summed E-state index contributed by atoms with van der Waals surface area (Å²) in [6.07, 6.45) is 7.88. The highest BCUT2D eigenvalue weighted by atomic mass is 32.2. The second-order valence-electron chi connectivity index (χ2n) is 7.54. The Bertz CT molecular complexity index is 1110. The van der Waals surface area contributed by atoms with E-state index in [4.69, 9.17) is 5.41 Å². The van der Waals surface area contributed by atoms with Gasteiger partial charge in [-0.25, -0.2) is 0 Å². The monoisotopic (exact) mass is 419 g/mol. The number of benzene rings is 1. The lowest BCUT2D eigenvalue weighted by atomic mass is 10.1. The standard InChI is InChI=1S/C23H25N5OS/c1-4-5-6-9-20-26-28-21(24)19(22(29)25-23(28)30-20)14-17-8-7-12-27(17)18-11-10-15(2)16(3)13-18/h7-8,10-14,24H,4-6,9H2,1-3H3/b19-14+,24-21?. The summed E-state index contributed by atoms with van der Waals surface area (Å²) < 4.78 is 2.01. The Kier molecular flexibility index (Phi) is 5.72. The molecule has 3 heterocycles. The molecule has 2 aliphatic heterocycles. The number of aryl methyl sites for hydroxylation is 2. The molecule has 0 atom stereocenters. The number of carbonyl (C=O) groups excluding carboxylic acids is 1. The number of aliphatic imine (C=N–C) groups is 1. The molecular formula is C23H25N5OS. The van der Waals surface area contributed by atoms with Gasteiger partial charge >= 0.3 is 0 Å². The molecule has 0 unspecified atom stereocenters. The summed E-state index contributed by atoms with van der Waals surface area (Å²) in [6, 6.07) is 10.1. The van der Waals surface area contributed by atoms with Crippen LogP contribution < -0.4 is 0 Å². The minimum Gasteiger partial charge on any atom is -0.317 e. The van der Waals surface area contributed by atoms with Gasteiger partial charge in [-0.1, -0.05) is 25.8 Å². The fourth-order valence-electron chi connectivity index (χ4n) is 3.43. The summed E-state index contributed by atoms with van der Waals surface area (Å²) >= 11 is 1.40. The van der Waals surface area contributed by atoms with E-state index in [1.807, 2.05) is 22.9 Å². The van der Waals surface area contributed by atoms with Crippen molar-refractivity contribution in [2.45, 2.75) is 46.5 Å². The van der Waals surface area contributed by atoms with Crippen LogP contribution in [0.2, 0.25) is 0 Å². The van der Waals surface area contributed by atoms with Gasteiger partial charge < -0.3 is 4.57 Å². The summed E-state index contributed by atoms with van der Waals surface area (Å²) in [6.45, 7) is 6.33. The van der Waals surface area contributed by atoms with Gasteiger partial charge in [0.15, 0.2) is 5.84 Å². The smallest absolute Gasteiger partial charge is 0.283 e. The molecule has 1 N–H and O–H groups in total. The predicted octanol–water partition coefficient (Wildman–Crippen LogP) is 5.29. The Morgan fingerprint density at radius 3 is 2.77 bits per heavy atom. The molecule has 0 saturated carbocycles. The summed E-state index contributed by atoms with van der Waals surface area (Å²) in [7, 11) is 0. The molecule has 2 aromatic rings. The second-order valence-corrected chi connectivity index (χ2v) is 8.58. The van der Waals surface area contributed by atoms with Crippen molar-refractivity contribution in [2.24, 2.45) is 10.1 Å². The zero-order valence-corrected chi connectivity index (χ0v) is 18.3. The third kappa shape index (κ3) is 3.89. The van der Waals surface area contributed by atoms with E-state index in [2.05, 4.69) is 49.1 Å². The zero-order valence-electron chi connectivity index (χ0n) is 17.5. The number of hydrogen-bond acceptors (Lipinski definition) is 4. The number of carbonyl (C=O) groups is 1. The number of nitrogens with zero attached hydrogens (tertiary/aromatic N) is 4. The van der Waals surface area contributed by atoms with Gasteiger partial charge in [-0.3, -0.25) is 10.2 Å². The SMILES string of the molecule is CCCCCC1=NN2C(=N)/C(=C\c3cccn3-c3ccc(C)c(C)c3)C(=O)N=C2S1. The first-order valence-electron chi connectivity index (χ1n) is 10.2. The summed E-state index contributed by atoms with van der Waals surface area (Å²) in [5.74, 6) is -0.313. The Labute approximate surface area is 180 Å². The van der Waals surface area contributed by atoms with Crippen molar-refractivity contribution < 1.29 is 4.79 Å². The van der Waals surface area contributed by atoms with Crippen LogP contribution in [-0.4, -0.2) is 31.5 Å². The van der Waals surface area contributed by atoms with Crippen molar-refractivity contribution in [3.63, 3.8) is 0 Å². The van der Waals surface area contributed by atoms with E-state index in [0.717, 1.165) is 42.1 Å². The molecule has 6 nitrogen and oxygen atoms in total. The molecule has 0 radical (unpaired) electrons. The topological polar surface area (TPSA) is 73.8 Å². The van der Waals surface area contributed by atoms with Crippen LogP contribution >= 0.6 is 11.8 Å². The molecule has 4 rings (SSSR count). The van der Waals surface area contributed by atoms with E-state index >= 15 is 0 Å².